The summed E-state index contributed by atoms with van der Waals surface area (Å²) < 4.78 is 1.06. The number of thiophene rings is 1. The summed E-state index contributed by atoms with van der Waals surface area (Å²) in [6.45, 7) is 4.79. The monoisotopic (exact) mass is 380 g/mol. The topological polar surface area (TPSA) is 49.4 Å². The SMILES string of the molecule is CC(C)CNC(=O)CN(C)C(=O)c1csc(I)c1. The van der Waals surface area contributed by atoms with Gasteiger partial charge in [0, 0.05) is 19.0 Å². The highest BCUT2D eigenvalue weighted by Gasteiger charge is 2.16. The molecule has 1 N–H and O–H groups in total. The quantitative estimate of drug-likeness (QED) is 0.797. The van der Waals surface area contributed by atoms with E-state index >= 15 is 0 Å². The standard InChI is InChI=1S/C12H17IN2O2S/c1-8(2)5-14-11(16)6-15(3)12(17)9-4-10(13)18-7-9/h4,7-8H,5-6H2,1-3H3,(H,14,16). The Labute approximate surface area is 125 Å². The van der Waals surface area contributed by atoms with Crippen molar-refractivity contribution in [2.75, 3.05) is 20.1 Å². The Kier molecular flexibility index (Phi) is 6.07. The number of nitrogens with zero attached hydrogens (tertiary/aromatic N) is 1. The maximum Gasteiger partial charge on any atom is 0.254 e. The first-order valence-electron chi connectivity index (χ1n) is 5.66. The van der Waals surface area contributed by atoms with Crippen LogP contribution in [0.1, 0.15) is 24.2 Å². The van der Waals surface area contributed by atoms with Crippen LogP contribution in [0.3, 0.4) is 0 Å². The minimum Gasteiger partial charge on any atom is -0.354 e. The zero-order chi connectivity index (χ0) is 13.7. The first-order valence-corrected chi connectivity index (χ1v) is 7.62. The fourth-order valence-electron chi connectivity index (χ4n) is 1.30. The Morgan fingerprint density at radius 2 is 2.17 bits per heavy atom. The Balaban J connectivity index is 2.47. The molecule has 0 aromatic carbocycles. The van der Waals surface area contributed by atoms with Crippen LogP contribution < -0.4 is 5.32 Å². The number of carbonyl (C=O) groups is 2. The molecule has 0 bridgehead atoms. The van der Waals surface area contributed by atoms with Gasteiger partial charge >= 0.3 is 0 Å². The average molecular weight is 380 g/mol. The van der Waals surface area contributed by atoms with Crippen molar-refractivity contribution in [2.24, 2.45) is 5.92 Å². The first-order chi connectivity index (χ1) is 8.40. The highest BCUT2D eigenvalue weighted by atomic mass is 127. The molecule has 1 aromatic heterocycles. The Morgan fingerprint density at radius 1 is 1.50 bits per heavy atom. The molecule has 0 aliphatic carbocycles. The van der Waals surface area contributed by atoms with Gasteiger partial charge in [-0.3, -0.25) is 9.59 Å². The summed E-state index contributed by atoms with van der Waals surface area (Å²) in [6.07, 6.45) is 0. The molecule has 1 heterocycles. The van der Waals surface area contributed by atoms with Gasteiger partial charge in [-0.1, -0.05) is 13.8 Å². The molecule has 0 fully saturated rings. The molecule has 0 aliphatic rings. The lowest BCUT2D eigenvalue weighted by Gasteiger charge is -2.16. The van der Waals surface area contributed by atoms with Crippen molar-refractivity contribution < 1.29 is 9.59 Å². The van der Waals surface area contributed by atoms with E-state index in [2.05, 4.69) is 27.9 Å². The minimum absolute atomic E-state index is 0.0952. The van der Waals surface area contributed by atoms with Crippen LogP contribution in [0.5, 0.6) is 0 Å². The van der Waals surface area contributed by atoms with Crippen LogP contribution in [-0.4, -0.2) is 36.9 Å². The van der Waals surface area contributed by atoms with E-state index in [-0.39, 0.29) is 18.4 Å². The number of hydrogen-bond acceptors (Lipinski definition) is 3. The smallest absolute Gasteiger partial charge is 0.254 e. The van der Waals surface area contributed by atoms with E-state index < -0.39 is 0 Å². The maximum atomic E-state index is 12.0. The third kappa shape index (κ3) is 4.93. The normalized spacial score (nSPS) is 10.5. The number of hydrogen-bond donors (Lipinski definition) is 1. The summed E-state index contributed by atoms with van der Waals surface area (Å²) in [4.78, 5) is 25.0. The number of halogens is 1. The summed E-state index contributed by atoms with van der Waals surface area (Å²) in [6, 6.07) is 1.83. The van der Waals surface area contributed by atoms with Crippen molar-refractivity contribution in [3.8, 4) is 0 Å². The lowest BCUT2D eigenvalue weighted by molar-refractivity contribution is -0.121. The molecular weight excluding hydrogens is 363 g/mol. The molecule has 1 rings (SSSR count). The summed E-state index contributed by atoms with van der Waals surface area (Å²) in [5, 5.41) is 4.60. The van der Waals surface area contributed by atoms with Crippen molar-refractivity contribution in [1.29, 1.82) is 0 Å². The molecule has 6 heteroatoms. The Morgan fingerprint density at radius 3 is 2.67 bits per heavy atom. The molecule has 18 heavy (non-hydrogen) atoms. The van der Waals surface area contributed by atoms with Crippen molar-refractivity contribution in [2.45, 2.75) is 13.8 Å². The fraction of sp³-hybridized carbons (Fsp3) is 0.500. The molecule has 0 saturated heterocycles. The highest BCUT2D eigenvalue weighted by Crippen LogP contribution is 2.17. The lowest BCUT2D eigenvalue weighted by atomic mass is 10.2. The van der Waals surface area contributed by atoms with Crippen LogP contribution in [0.4, 0.5) is 0 Å². The molecule has 2 amide bonds. The third-order valence-electron chi connectivity index (χ3n) is 2.25. The second-order valence-corrected chi connectivity index (χ2v) is 7.30. The summed E-state index contributed by atoms with van der Waals surface area (Å²) >= 11 is 3.69. The van der Waals surface area contributed by atoms with Crippen molar-refractivity contribution in [3.05, 3.63) is 19.9 Å². The van der Waals surface area contributed by atoms with E-state index in [1.54, 1.807) is 7.05 Å². The largest absolute Gasteiger partial charge is 0.354 e. The zero-order valence-corrected chi connectivity index (χ0v) is 13.7. The van der Waals surface area contributed by atoms with E-state index in [4.69, 9.17) is 0 Å². The highest BCUT2D eigenvalue weighted by molar-refractivity contribution is 14.1. The lowest BCUT2D eigenvalue weighted by Crippen LogP contribution is -2.39. The fourth-order valence-corrected chi connectivity index (χ4v) is 2.62. The molecule has 0 saturated carbocycles. The number of nitrogens with one attached hydrogen (secondary N) is 1. The average Bonchev–Trinajstić information content (AvgIpc) is 2.72. The van der Waals surface area contributed by atoms with Crippen LogP contribution in [0.15, 0.2) is 11.4 Å². The van der Waals surface area contributed by atoms with Crippen LogP contribution in [0.25, 0.3) is 0 Å². The molecule has 4 nitrogen and oxygen atoms in total. The van der Waals surface area contributed by atoms with Gasteiger partial charge in [-0.2, -0.15) is 0 Å². The van der Waals surface area contributed by atoms with Crippen molar-refractivity contribution in [3.63, 3.8) is 0 Å². The maximum absolute atomic E-state index is 12.0. The summed E-state index contributed by atoms with van der Waals surface area (Å²) in [5.74, 6) is 0.173. The van der Waals surface area contributed by atoms with Gasteiger partial charge in [-0.15, -0.1) is 11.3 Å². The summed E-state index contributed by atoms with van der Waals surface area (Å²) in [5.41, 5.74) is 0.642. The number of amides is 2. The molecule has 0 unspecified atom stereocenters. The third-order valence-corrected chi connectivity index (χ3v) is 4.04. The van der Waals surface area contributed by atoms with Crippen LogP contribution >= 0.6 is 33.9 Å². The second kappa shape index (κ2) is 7.08. The predicted molar refractivity (Wildman–Crippen MR) is 81.8 cm³/mol. The Hall–Kier alpha value is -0.630. The van der Waals surface area contributed by atoms with E-state index in [9.17, 15) is 9.59 Å². The van der Waals surface area contributed by atoms with Gasteiger partial charge in [0.1, 0.15) is 0 Å². The van der Waals surface area contributed by atoms with Crippen molar-refractivity contribution in [1.82, 2.24) is 10.2 Å². The molecule has 0 radical (unpaired) electrons. The van der Waals surface area contributed by atoms with Gasteiger partial charge in [0.2, 0.25) is 5.91 Å². The predicted octanol–water partition coefficient (Wildman–Crippen LogP) is 2.20. The molecule has 0 spiro atoms. The summed E-state index contributed by atoms with van der Waals surface area (Å²) in [7, 11) is 1.64. The van der Waals surface area contributed by atoms with Crippen LogP contribution in [-0.2, 0) is 4.79 Å². The van der Waals surface area contributed by atoms with Gasteiger partial charge in [0.25, 0.3) is 5.91 Å². The van der Waals surface area contributed by atoms with Crippen molar-refractivity contribution >= 4 is 45.7 Å². The minimum atomic E-state index is -0.121. The number of rotatable bonds is 5. The zero-order valence-electron chi connectivity index (χ0n) is 10.7. The van der Waals surface area contributed by atoms with Crippen LogP contribution in [0, 0.1) is 8.80 Å². The molecule has 1 aromatic rings. The number of likely N-dealkylation sites (N-methyl/N-ethyl adjacent to an activating group) is 1. The van der Waals surface area contributed by atoms with E-state index in [0.717, 1.165) is 2.88 Å². The van der Waals surface area contributed by atoms with Gasteiger partial charge in [0.15, 0.2) is 0 Å². The Bertz CT molecular complexity index is 431. The van der Waals surface area contributed by atoms with Gasteiger partial charge < -0.3 is 10.2 Å². The molecule has 0 aliphatic heterocycles. The molecular formula is C12H17IN2O2S. The molecule has 100 valence electrons. The number of carbonyl (C=O) groups excluding carboxylic acids is 2. The first kappa shape index (κ1) is 15.4. The van der Waals surface area contributed by atoms with E-state index in [1.165, 1.54) is 16.2 Å². The van der Waals surface area contributed by atoms with E-state index in [0.29, 0.717) is 18.0 Å². The van der Waals surface area contributed by atoms with Crippen LogP contribution in [0.2, 0.25) is 0 Å². The van der Waals surface area contributed by atoms with E-state index in [1.807, 2.05) is 25.3 Å². The second-order valence-electron chi connectivity index (χ2n) is 4.50. The van der Waals surface area contributed by atoms with Gasteiger partial charge in [0.05, 0.1) is 15.0 Å². The molecule has 0 atom stereocenters. The van der Waals surface area contributed by atoms with Gasteiger partial charge in [-0.25, -0.2) is 0 Å². The van der Waals surface area contributed by atoms with Gasteiger partial charge in [-0.05, 0) is 34.6 Å².